The summed E-state index contributed by atoms with van der Waals surface area (Å²) in [7, 11) is 1.77. The molecule has 0 saturated carbocycles. The highest BCUT2D eigenvalue weighted by Gasteiger charge is 2.45. The minimum absolute atomic E-state index is 0.0795. The van der Waals surface area contributed by atoms with Crippen molar-refractivity contribution in [3.63, 3.8) is 0 Å². The molecule has 1 aliphatic rings. The average Bonchev–Trinajstić information content (AvgIpc) is 3.11. The van der Waals surface area contributed by atoms with Crippen LogP contribution in [0.5, 0.6) is 5.75 Å². The summed E-state index contributed by atoms with van der Waals surface area (Å²) >= 11 is 0. The molecule has 0 spiro atoms. The maximum Gasteiger partial charge on any atom is 0.295 e. The van der Waals surface area contributed by atoms with Crippen LogP contribution in [-0.4, -0.2) is 44.6 Å². The largest absolute Gasteiger partial charge is 0.507 e. The van der Waals surface area contributed by atoms with Gasteiger partial charge in [-0.15, -0.1) is 0 Å². The van der Waals surface area contributed by atoms with Crippen LogP contribution in [0.15, 0.2) is 42.5 Å². The fraction of sp³-hybridized carbons (Fsp3) is 0.318. The SMILES string of the molecule is C=CCOc1ccc(C2/C(=C(\O)c3c(C)nn(C)c3C)C(=O)C(=O)N2CC)cc1. The number of ketones is 1. The Morgan fingerprint density at radius 1 is 1.28 bits per heavy atom. The number of hydrogen-bond donors (Lipinski definition) is 1. The van der Waals surface area contributed by atoms with Crippen molar-refractivity contribution in [1.29, 1.82) is 0 Å². The summed E-state index contributed by atoms with van der Waals surface area (Å²) in [6.45, 7) is 9.72. The molecule has 0 radical (unpaired) electrons. The van der Waals surface area contributed by atoms with E-state index in [0.717, 1.165) is 11.3 Å². The molecule has 1 fully saturated rings. The number of likely N-dealkylation sites (tertiary alicyclic amines) is 1. The van der Waals surface area contributed by atoms with Crippen molar-refractivity contribution in [1.82, 2.24) is 14.7 Å². The standard InChI is InChI=1S/C22H25N3O4/c1-6-12-29-16-10-8-15(9-11-16)19-18(21(27)22(28)25(19)7-2)20(26)17-13(3)23-24(5)14(17)4/h6,8-11,19,26H,1,7,12H2,2-5H3/b20-18+. The lowest BCUT2D eigenvalue weighted by Crippen LogP contribution is -2.29. The third-order valence-electron chi connectivity index (χ3n) is 5.19. The van der Waals surface area contributed by atoms with Crippen LogP contribution >= 0.6 is 0 Å². The van der Waals surface area contributed by atoms with Crippen molar-refractivity contribution in [3.05, 3.63) is 65.0 Å². The molecule has 0 bridgehead atoms. The van der Waals surface area contributed by atoms with Crippen molar-refractivity contribution < 1.29 is 19.4 Å². The second-order valence-corrected chi connectivity index (χ2v) is 6.92. The normalized spacial score (nSPS) is 18.3. The second kappa shape index (κ2) is 7.95. The Kier molecular flexibility index (Phi) is 5.59. The minimum atomic E-state index is -0.691. The first kappa shape index (κ1) is 20.4. The number of ether oxygens (including phenoxy) is 1. The zero-order valence-electron chi connectivity index (χ0n) is 17.1. The molecule has 1 aromatic carbocycles. The van der Waals surface area contributed by atoms with E-state index in [1.807, 2.05) is 6.92 Å². The lowest BCUT2D eigenvalue weighted by atomic mass is 9.94. The minimum Gasteiger partial charge on any atom is -0.507 e. The number of hydrogen-bond acceptors (Lipinski definition) is 5. The van der Waals surface area contributed by atoms with Crippen LogP contribution in [0.2, 0.25) is 0 Å². The van der Waals surface area contributed by atoms with Crippen LogP contribution in [0.25, 0.3) is 5.76 Å². The predicted octanol–water partition coefficient (Wildman–Crippen LogP) is 3.04. The molecule has 29 heavy (non-hydrogen) atoms. The number of amides is 1. The molecule has 1 N–H and O–H groups in total. The van der Waals surface area contributed by atoms with Crippen LogP contribution in [0.3, 0.4) is 0 Å². The van der Waals surface area contributed by atoms with E-state index in [0.29, 0.717) is 30.2 Å². The molecule has 1 amide bonds. The number of benzene rings is 1. The highest BCUT2D eigenvalue weighted by molar-refractivity contribution is 6.46. The number of rotatable bonds is 6. The van der Waals surface area contributed by atoms with Gasteiger partial charge in [-0.3, -0.25) is 14.3 Å². The van der Waals surface area contributed by atoms with Crippen LogP contribution in [0, 0.1) is 13.8 Å². The predicted molar refractivity (Wildman–Crippen MR) is 109 cm³/mol. The third kappa shape index (κ3) is 3.44. The first-order chi connectivity index (χ1) is 13.8. The summed E-state index contributed by atoms with van der Waals surface area (Å²) in [6, 6.07) is 6.47. The summed E-state index contributed by atoms with van der Waals surface area (Å²) in [5.41, 5.74) is 2.60. The van der Waals surface area contributed by atoms with E-state index in [1.165, 1.54) is 4.90 Å². The number of carbonyl (C=O) groups excluding carboxylic acids is 2. The van der Waals surface area contributed by atoms with Crippen molar-refractivity contribution in [2.75, 3.05) is 13.2 Å². The van der Waals surface area contributed by atoms with Gasteiger partial charge in [0.05, 0.1) is 22.9 Å². The van der Waals surface area contributed by atoms with Crippen LogP contribution in [-0.2, 0) is 16.6 Å². The maximum atomic E-state index is 12.8. The summed E-state index contributed by atoms with van der Waals surface area (Å²) < 4.78 is 7.15. The quantitative estimate of drug-likeness (QED) is 0.352. The van der Waals surface area contributed by atoms with E-state index in [1.54, 1.807) is 55.9 Å². The Morgan fingerprint density at radius 2 is 1.93 bits per heavy atom. The van der Waals surface area contributed by atoms with E-state index in [-0.39, 0.29) is 11.3 Å². The molecule has 1 saturated heterocycles. The lowest BCUT2D eigenvalue weighted by Gasteiger charge is -2.24. The number of aliphatic hydroxyl groups excluding tert-OH is 1. The first-order valence-electron chi connectivity index (χ1n) is 9.44. The van der Waals surface area contributed by atoms with Gasteiger partial charge in [-0.05, 0) is 38.5 Å². The molecular formula is C22H25N3O4. The molecule has 1 aromatic heterocycles. The Morgan fingerprint density at radius 3 is 2.45 bits per heavy atom. The van der Waals surface area contributed by atoms with Crippen molar-refractivity contribution in [3.8, 4) is 5.75 Å². The summed E-state index contributed by atoms with van der Waals surface area (Å²) in [5, 5.41) is 15.4. The van der Waals surface area contributed by atoms with Gasteiger partial charge in [-0.1, -0.05) is 24.8 Å². The van der Waals surface area contributed by atoms with E-state index in [2.05, 4.69) is 11.7 Å². The van der Waals surface area contributed by atoms with Gasteiger partial charge < -0.3 is 14.7 Å². The molecular weight excluding hydrogens is 370 g/mol. The zero-order chi connectivity index (χ0) is 21.3. The molecule has 1 atom stereocenters. The molecule has 0 aliphatic carbocycles. The van der Waals surface area contributed by atoms with E-state index < -0.39 is 17.7 Å². The Bertz CT molecular complexity index is 1000. The van der Waals surface area contributed by atoms with Crippen LogP contribution in [0.4, 0.5) is 0 Å². The zero-order valence-corrected chi connectivity index (χ0v) is 17.1. The number of aromatic nitrogens is 2. The van der Waals surface area contributed by atoms with Gasteiger partial charge >= 0.3 is 0 Å². The molecule has 1 unspecified atom stereocenters. The summed E-state index contributed by atoms with van der Waals surface area (Å²) in [4.78, 5) is 26.9. The highest BCUT2D eigenvalue weighted by atomic mass is 16.5. The van der Waals surface area contributed by atoms with Gasteiger partial charge in [0.2, 0.25) is 0 Å². The topological polar surface area (TPSA) is 84.7 Å². The van der Waals surface area contributed by atoms with Gasteiger partial charge in [0.1, 0.15) is 18.1 Å². The van der Waals surface area contributed by atoms with Crippen molar-refractivity contribution in [2.24, 2.45) is 7.05 Å². The number of carbonyl (C=O) groups is 2. The Labute approximate surface area is 169 Å². The molecule has 152 valence electrons. The number of likely N-dealkylation sites (N-methyl/N-ethyl adjacent to an activating group) is 1. The van der Waals surface area contributed by atoms with Gasteiger partial charge in [0.25, 0.3) is 11.7 Å². The second-order valence-electron chi connectivity index (χ2n) is 6.92. The molecule has 3 rings (SSSR count). The molecule has 7 heteroatoms. The monoisotopic (exact) mass is 395 g/mol. The molecule has 1 aliphatic heterocycles. The number of Topliss-reactive ketones (excluding diaryl/α,β-unsaturated/α-hetero) is 1. The van der Waals surface area contributed by atoms with Gasteiger partial charge in [-0.25, -0.2) is 0 Å². The fourth-order valence-electron chi connectivity index (χ4n) is 3.71. The Balaban J connectivity index is 2.14. The molecule has 2 heterocycles. The highest BCUT2D eigenvalue weighted by Crippen LogP contribution is 2.40. The van der Waals surface area contributed by atoms with Gasteiger partial charge in [0.15, 0.2) is 0 Å². The number of aryl methyl sites for hydroxylation is 2. The fourth-order valence-corrected chi connectivity index (χ4v) is 3.71. The first-order valence-corrected chi connectivity index (χ1v) is 9.44. The van der Waals surface area contributed by atoms with Crippen molar-refractivity contribution >= 4 is 17.4 Å². The van der Waals surface area contributed by atoms with E-state index in [4.69, 9.17) is 4.74 Å². The molecule has 2 aromatic rings. The summed E-state index contributed by atoms with van der Waals surface area (Å²) in [6.07, 6.45) is 1.65. The van der Waals surface area contributed by atoms with E-state index >= 15 is 0 Å². The van der Waals surface area contributed by atoms with Gasteiger partial charge in [-0.2, -0.15) is 5.10 Å². The number of aliphatic hydroxyl groups is 1. The third-order valence-corrected chi connectivity index (χ3v) is 5.19. The number of nitrogens with zero attached hydrogens (tertiary/aromatic N) is 3. The Hall–Kier alpha value is -3.35. The maximum absolute atomic E-state index is 12.8. The van der Waals surface area contributed by atoms with E-state index in [9.17, 15) is 14.7 Å². The summed E-state index contributed by atoms with van der Waals surface area (Å²) in [5.74, 6) is -0.852. The molecule has 7 nitrogen and oxygen atoms in total. The van der Waals surface area contributed by atoms with Crippen LogP contribution in [0.1, 0.15) is 35.5 Å². The van der Waals surface area contributed by atoms with Gasteiger partial charge in [0, 0.05) is 19.3 Å². The lowest BCUT2D eigenvalue weighted by molar-refractivity contribution is -0.139. The smallest absolute Gasteiger partial charge is 0.295 e. The van der Waals surface area contributed by atoms with Crippen LogP contribution < -0.4 is 4.74 Å². The van der Waals surface area contributed by atoms with Crippen molar-refractivity contribution in [2.45, 2.75) is 26.8 Å². The average molecular weight is 395 g/mol.